The summed E-state index contributed by atoms with van der Waals surface area (Å²) in [6.07, 6.45) is -4.55. The number of carbonyl (C=O) groups excluding carboxylic acids is 2. The molecule has 0 fully saturated rings. The second kappa shape index (κ2) is 12.0. The molecule has 6 nitrogen and oxygen atoms in total. The minimum absolute atomic E-state index is 0.00955. The van der Waals surface area contributed by atoms with Crippen LogP contribution in [0.25, 0.3) is 0 Å². The highest BCUT2D eigenvalue weighted by Gasteiger charge is 2.31. The van der Waals surface area contributed by atoms with Gasteiger partial charge in [0.1, 0.15) is 0 Å². The number of hydrogen-bond acceptors (Lipinski definition) is 4. The normalized spacial score (nSPS) is 12.1. The van der Waals surface area contributed by atoms with E-state index in [2.05, 4.69) is 10.6 Å². The molecule has 0 saturated heterocycles. The number of halogens is 7. The number of aromatic carboxylic acids is 1. The lowest BCUT2D eigenvalue weighted by atomic mass is 10.1. The summed E-state index contributed by atoms with van der Waals surface area (Å²) in [6.45, 7) is 1.55. The molecule has 0 bridgehead atoms. The van der Waals surface area contributed by atoms with Gasteiger partial charge in [0.05, 0.1) is 42.0 Å². The Morgan fingerprint density at radius 2 is 1.39 bits per heavy atom. The molecule has 14 heteroatoms. The summed E-state index contributed by atoms with van der Waals surface area (Å²) in [7, 11) is 0. The van der Waals surface area contributed by atoms with E-state index in [-0.39, 0.29) is 21.4 Å². The van der Waals surface area contributed by atoms with E-state index >= 15 is 0 Å². The van der Waals surface area contributed by atoms with Crippen LogP contribution in [0.1, 0.15) is 33.2 Å². The molecule has 3 aromatic rings. The molecular formula is C24H15Cl4F3N2O4S. The highest BCUT2D eigenvalue weighted by Crippen LogP contribution is 2.42. The van der Waals surface area contributed by atoms with E-state index in [0.717, 1.165) is 23.9 Å². The predicted octanol–water partition coefficient (Wildman–Crippen LogP) is 8.39. The van der Waals surface area contributed by atoms with Crippen molar-refractivity contribution in [1.82, 2.24) is 0 Å². The van der Waals surface area contributed by atoms with Crippen LogP contribution in [0.5, 0.6) is 0 Å². The molecule has 200 valence electrons. The molecule has 0 heterocycles. The smallest absolute Gasteiger partial charge is 0.416 e. The third kappa shape index (κ3) is 6.86. The van der Waals surface area contributed by atoms with Crippen molar-refractivity contribution < 1.29 is 32.7 Å². The largest absolute Gasteiger partial charge is 0.478 e. The summed E-state index contributed by atoms with van der Waals surface area (Å²) < 4.78 is 38.8. The molecular weight excluding hydrogens is 611 g/mol. The van der Waals surface area contributed by atoms with E-state index in [0.29, 0.717) is 4.90 Å². The zero-order valence-electron chi connectivity index (χ0n) is 18.9. The lowest BCUT2D eigenvalue weighted by Gasteiger charge is -2.15. The fourth-order valence-corrected chi connectivity index (χ4v) is 5.11. The molecule has 2 amide bonds. The molecule has 0 aromatic heterocycles. The van der Waals surface area contributed by atoms with Gasteiger partial charge in [-0.25, -0.2) is 4.79 Å². The van der Waals surface area contributed by atoms with Gasteiger partial charge in [-0.15, -0.1) is 11.8 Å². The number of rotatable bonds is 7. The Kier molecular flexibility index (Phi) is 9.48. The van der Waals surface area contributed by atoms with Crippen molar-refractivity contribution in [3.05, 3.63) is 85.3 Å². The van der Waals surface area contributed by atoms with Gasteiger partial charge in [0, 0.05) is 16.3 Å². The van der Waals surface area contributed by atoms with Gasteiger partial charge >= 0.3 is 12.1 Å². The first kappa shape index (κ1) is 29.9. The molecule has 3 N–H and O–H groups in total. The molecule has 0 spiro atoms. The topological polar surface area (TPSA) is 95.5 Å². The van der Waals surface area contributed by atoms with Crippen molar-refractivity contribution in [2.24, 2.45) is 0 Å². The van der Waals surface area contributed by atoms with Crippen LogP contribution in [0.15, 0.2) is 53.4 Å². The molecule has 0 aliphatic carbocycles. The maximum Gasteiger partial charge on any atom is 0.416 e. The minimum atomic E-state index is -4.55. The van der Waals surface area contributed by atoms with Crippen LogP contribution in [-0.4, -0.2) is 28.1 Å². The molecule has 3 rings (SSSR count). The standard InChI is InChI=1S/C24H15Cl4F3N2O4S/c1-10(21(34)32-12-5-2-4-11(8-12)24(29,30)31)38-14-7-3-6-13(9-14)33-22(35)15-16(23(36)37)18(26)20(28)19(27)17(15)25/h2-10H,1H3,(H,32,34)(H,33,35)(H,36,37). The van der Waals surface area contributed by atoms with Gasteiger partial charge in [-0.05, 0) is 43.3 Å². The van der Waals surface area contributed by atoms with Crippen molar-refractivity contribution in [1.29, 1.82) is 0 Å². The summed E-state index contributed by atoms with van der Waals surface area (Å²) >= 11 is 25.1. The molecule has 38 heavy (non-hydrogen) atoms. The highest BCUT2D eigenvalue weighted by atomic mass is 35.5. The summed E-state index contributed by atoms with van der Waals surface area (Å²) in [5, 5.41) is 12.3. The van der Waals surface area contributed by atoms with E-state index in [9.17, 15) is 32.7 Å². The average Bonchev–Trinajstić information content (AvgIpc) is 2.84. The monoisotopic (exact) mass is 624 g/mol. The lowest BCUT2D eigenvalue weighted by Crippen LogP contribution is -2.22. The zero-order valence-corrected chi connectivity index (χ0v) is 22.8. The van der Waals surface area contributed by atoms with Gasteiger partial charge in [-0.1, -0.05) is 58.5 Å². The number of thioether (sulfide) groups is 1. The Morgan fingerprint density at radius 3 is 1.97 bits per heavy atom. The van der Waals surface area contributed by atoms with Crippen LogP contribution in [0, 0.1) is 0 Å². The van der Waals surface area contributed by atoms with E-state index < -0.39 is 55.9 Å². The number of nitrogens with one attached hydrogen (secondary N) is 2. The maximum atomic E-state index is 12.9. The van der Waals surface area contributed by atoms with Gasteiger partial charge in [-0.3, -0.25) is 9.59 Å². The van der Waals surface area contributed by atoms with Gasteiger partial charge in [0.15, 0.2) is 0 Å². The molecule has 0 radical (unpaired) electrons. The molecule has 0 aliphatic heterocycles. The summed E-state index contributed by atoms with van der Waals surface area (Å²) in [6, 6.07) is 10.5. The quantitative estimate of drug-likeness (QED) is 0.139. The Morgan fingerprint density at radius 1 is 0.842 bits per heavy atom. The first-order valence-electron chi connectivity index (χ1n) is 10.4. The van der Waals surface area contributed by atoms with Gasteiger partial charge in [0.25, 0.3) is 5.91 Å². The van der Waals surface area contributed by atoms with Crippen LogP contribution in [0.2, 0.25) is 20.1 Å². The third-order valence-corrected chi connectivity index (χ3v) is 7.84. The van der Waals surface area contributed by atoms with Gasteiger partial charge in [0.2, 0.25) is 5.91 Å². The second-order valence-electron chi connectivity index (χ2n) is 7.62. The number of amides is 2. The van der Waals surface area contributed by atoms with E-state index in [1.54, 1.807) is 19.1 Å². The number of carboxylic acids is 1. The van der Waals surface area contributed by atoms with Crippen molar-refractivity contribution in [2.45, 2.75) is 23.2 Å². The lowest BCUT2D eigenvalue weighted by molar-refractivity contribution is -0.137. The Hall–Kier alpha value is -2.63. The highest BCUT2D eigenvalue weighted by molar-refractivity contribution is 8.00. The molecule has 1 atom stereocenters. The predicted molar refractivity (Wildman–Crippen MR) is 143 cm³/mol. The Bertz CT molecular complexity index is 1440. The number of hydrogen-bond donors (Lipinski definition) is 3. The molecule has 0 saturated carbocycles. The molecule has 0 aliphatic rings. The fraction of sp³-hybridized carbons (Fsp3) is 0.125. The SMILES string of the molecule is CC(Sc1cccc(NC(=O)c2c(Cl)c(Cl)c(Cl)c(Cl)c2C(=O)O)c1)C(=O)Nc1cccc(C(F)(F)F)c1. The van der Waals surface area contributed by atoms with Gasteiger partial charge in [-0.2, -0.15) is 13.2 Å². The fourth-order valence-electron chi connectivity index (χ4n) is 3.16. The van der Waals surface area contributed by atoms with Crippen molar-refractivity contribution in [3.8, 4) is 0 Å². The number of benzene rings is 3. The summed E-state index contributed by atoms with van der Waals surface area (Å²) in [5.41, 5.74) is -1.81. The van der Waals surface area contributed by atoms with E-state index in [1.165, 1.54) is 24.3 Å². The van der Waals surface area contributed by atoms with Crippen LogP contribution >= 0.6 is 58.2 Å². The first-order chi connectivity index (χ1) is 17.7. The van der Waals surface area contributed by atoms with Crippen molar-refractivity contribution in [3.63, 3.8) is 0 Å². The third-order valence-electron chi connectivity index (χ3n) is 4.94. The Balaban J connectivity index is 1.76. The van der Waals surface area contributed by atoms with Crippen LogP contribution < -0.4 is 10.6 Å². The maximum absolute atomic E-state index is 12.9. The zero-order chi connectivity index (χ0) is 28.4. The van der Waals surface area contributed by atoms with E-state index in [1.807, 2.05) is 0 Å². The van der Waals surface area contributed by atoms with Crippen LogP contribution in [0.3, 0.4) is 0 Å². The number of alkyl halides is 3. The number of anilines is 2. The number of carbonyl (C=O) groups is 3. The number of carboxylic acid groups (broad SMARTS) is 1. The molecule has 3 aromatic carbocycles. The molecule has 1 unspecified atom stereocenters. The average molecular weight is 626 g/mol. The van der Waals surface area contributed by atoms with E-state index in [4.69, 9.17) is 46.4 Å². The van der Waals surface area contributed by atoms with Crippen molar-refractivity contribution in [2.75, 3.05) is 10.6 Å². The van der Waals surface area contributed by atoms with Crippen molar-refractivity contribution >= 4 is 87.3 Å². The Labute approximate surface area is 238 Å². The summed E-state index contributed by atoms with van der Waals surface area (Å²) in [4.78, 5) is 37.8. The van der Waals surface area contributed by atoms with Gasteiger partial charge < -0.3 is 15.7 Å². The second-order valence-corrected chi connectivity index (χ2v) is 10.5. The first-order valence-corrected chi connectivity index (χ1v) is 12.7. The summed E-state index contributed by atoms with van der Waals surface area (Å²) in [5.74, 6) is -3.03. The van der Waals surface area contributed by atoms with Crippen LogP contribution in [-0.2, 0) is 11.0 Å². The van der Waals surface area contributed by atoms with Crippen LogP contribution in [0.4, 0.5) is 24.5 Å². The minimum Gasteiger partial charge on any atom is -0.478 e.